The second-order valence-corrected chi connectivity index (χ2v) is 4.82. The van der Waals surface area contributed by atoms with E-state index in [1.807, 2.05) is 12.5 Å². The first-order chi connectivity index (χ1) is 6.01. The van der Waals surface area contributed by atoms with Crippen LogP contribution in [0, 0.1) is 0 Å². The van der Waals surface area contributed by atoms with Gasteiger partial charge in [-0.3, -0.25) is 0 Å². The molecule has 0 fully saturated rings. The Balaban J connectivity index is 2.46. The van der Waals surface area contributed by atoms with E-state index in [-0.39, 0.29) is 5.54 Å². The normalized spacial score (nSPS) is 12.0. The zero-order chi connectivity index (χ0) is 9.90. The number of nitrogens with one attached hydrogen (secondary N) is 2. The fourth-order valence-corrected chi connectivity index (χ4v) is 1.26. The lowest BCUT2D eigenvalue weighted by Gasteiger charge is -2.19. The Kier molecular flexibility index (Phi) is 3.39. The Labute approximate surface area is 83.7 Å². The van der Waals surface area contributed by atoms with Crippen LogP contribution in [0.2, 0.25) is 0 Å². The van der Waals surface area contributed by atoms with E-state index in [1.54, 1.807) is 11.8 Å². The summed E-state index contributed by atoms with van der Waals surface area (Å²) < 4.78 is 0. The summed E-state index contributed by atoms with van der Waals surface area (Å²) in [5.41, 5.74) is 0.145. The molecule has 0 unspecified atom stereocenters. The highest BCUT2D eigenvalue weighted by atomic mass is 32.2. The van der Waals surface area contributed by atoms with E-state index in [0.717, 1.165) is 17.4 Å². The fourth-order valence-electron chi connectivity index (χ4n) is 0.887. The summed E-state index contributed by atoms with van der Waals surface area (Å²) in [6.45, 7) is 7.23. The van der Waals surface area contributed by atoms with Crippen LogP contribution in [0.25, 0.3) is 0 Å². The number of aromatic amines is 1. The molecule has 3 nitrogen and oxygen atoms in total. The zero-order valence-corrected chi connectivity index (χ0v) is 9.46. The Hall–Kier alpha value is -0.480. The molecular formula is C9H17N3S. The number of imidazole rings is 1. The van der Waals surface area contributed by atoms with Crippen molar-refractivity contribution in [1.82, 2.24) is 15.3 Å². The molecule has 74 valence electrons. The van der Waals surface area contributed by atoms with E-state index < -0.39 is 0 Å². The largest absolute Gasteiger partial charge is 0.346 e. The minimum absolute atomic E-state index is 0.145. The SMILES string of the molecule is CSc1c[nH]c(CNC(C)(C)C)n1. The first-order valence-electron chi connectivity index (χ1n) is 4.34. The second-order valence-electron chi connectivity index (χ2n) is 3.99. The van der Waals surface area contributed by atoms with Gasteiger partial charge in [-0.15, -0.1) is 11.8 Å². The van der Waals surface area contributed by atoms with Crippen LogP contribution in [0.3, 0.4) is 0 Å². The van der Waals surface area contributed by atoms with E-state index in [2.05, 4.69) is 36.1 Å². The third-order valence-corrected chi connectivity index (χ3v) is 2.23. The average Bonchev–Trinajstić information content (AvgIpc) is 2.47. The smallest absolute Gasteiger partial charge is 0.121 e. The van der Waals surface area contributed by atoms with Crippen LogP contribution in [0.5, 0.6) is 0 Å². The molecule has 0 saturated carbocycles. The summed E-state index contributed by atoms with van der Waals surface area (Å²) >= 11 is 1.65. The predicted molar refractivity (Wildman–Crippen MR) is 57.0 cm³/mol. The van der Waals surface area contributed by atoms with Gasteiger partial charge >= 0.3 is 0 Å². The van der Waals surface area contributed by atoms with Crippen LogP contribution in [0.1, 0.15) is 26.6 Å². The van der Waals surface area contributed by atoms with Gasteiger partial charge < -0.3 is 10.3 Å². The minimum Gasteiger partial charge on any atom is -0.346 e. The van der Waals surface area contributed by atoms with Gasteiger partial charge in [-0.1, -0.05) is 0 Å². The molecule has 0 radical (unpaired) electrons. The van der Waals surface area contributed by atoms with Crippen molar-refractivity contribution in [2.24, 2.45) is 0 Å². The van der Waals surface area contributed by atoms with Crippen molar-refractivity contribution in [3.63, 3.8) is 0 Å². The molecular weight excluding hydrogens is 182 g/mol. The monoisotopic (exact) mass is 199 g/mol. The first kappa shape index (κ1) is 10.6. The van der Waals surface area contributed by atoms with Gasteiger partial charge in [0, 0.05) is 11.7 Å². The van der Waals surface area contributed by atoms with Gasteiger partial charge in [0.1, 0.15) is 10.9 Å². The number of thioether (sulfide) groups is 1. The van der Waals surface area contributed by atoms with Crippen molar-refractivity contribution in [2.45, 2.75) is 37.9 Å². The Bertz CT molecular complexity index is 262. The minimum atomic E-state index is 0.145. The van der Waals surface area contributed by atoms with Gasteiger partial charge in [0.15, 0.2) is 0 Å². The van der Waals surface area contributed by atoms with Crippen LogP contribution >= 0.6 is 11.8 Å². The van der Waals surface area contributed by atoms with Gasteiger partial charge in [0.2, 0.25) is 0 Å². The number of rotatable bonds is 3. The molecule has 0 aliphatic carbocycles. The number of hydrogen-bond donors (Lipinski definition) is 2. The molecule has 0 aliphatic heterocycles. The molecule has 0 atom stereocenters. The van der Waals surface area contributed by atoms with Crippen molar-refractivity contribution in [1.29, 1.82) is 0 Å². The number of nitrogens with zero attached hydrogens (tertiary/aromatic N) is 1. The Morgan fingerprint density at radius 1 is 1.54 bits per heavy atom. The fraction of sp³-hybridized carbons (Fsp3) is 0.667. The third kappa shape index (κ3) is 3.83. The lowest BCUT2D eigenvalue weighted by molar-refractivity contribution is 0.418. The molecule has 13 heavy (non-hydrogen) atoms. The van der Waals surface area contributed by atoms with Crippen molar-refractivity contribution in [3.8, 4) is 0 Å². The summed E-state index contributed by atoms with van der Waals surface area (Å²) in [5, 5.41) is 4.42. The quantitative estimate of drug-likeness (QED) is 0.732. The van der Waals surface area contributed by atoms with Gasteiger partial charge in [-0.2, -0.15) is 0 Å². The molecule has 1 heterocycles. The Morgan fingerprint density at radius 2 is 2.23 bits per heavy atom. The van der Waals surface area contributed by atoms with Crippen LogP contribution in [-0.2, 0) is 6.54 Å². The van der Waals surface area contributed by atoms with Crippen LogP contribution < -0.4 is 5.32 Å². The van der Waals surface area contributed by atoms with Gasteiger partial charge in [-0.25, -0.2) is 4.98 Å². The highest BCUT2D eigenvalue weighted by molar-refractivity contribution is 7.98. The molecule has 1 rings (SSSR count). The first-order valence-corrected chi connectivity index (χ1v) is 5.57. The lowest BCUT2D eigenvalue weighted by Crippen LogP contribution is -2.35. The van der Waals surface area contributed by atoms with Crippen molar-refractivity contribution in [2.75, 3.05) is 6.26 Å². The van der Waals surface area contributed by atoms with Gasteiger partial charge in [-0.05, 0) is 27.0 Å². The summed E-state index contributed by atoms with van der Waals surface area (Å²) in [4.78, 5) is 7.51. The maximum atomic E-state index is 4.38. The molecule has 2 N–H and O–H groups in total. The summed E-state index contributed by atoms with van der Waals surface area (Å²) in [5.74, 6) is 0.999. The highest BCUT2D eigenvalue weighted by Gasteiger charge is 2.09. The average molecular weight is 199 g/mol. The Morgan fingerprint density at radius 3 is 2.69 bits per heavy atom. The third-order valence-electron chi connectivity index (χ3n) is 1.60. The summed E-state index contributed by atoms with van der Waals surface area (Å²) in [6.07, 6.45) is 3.96. The maximum absolute atomic E-state index is 4.38. The molecule has 0 bridgehead atoms. The topological polar surface area (TPSA) is 40.7 Å². The number of aromatic nitrogens is 2. The van der Waals surface area contributed by atoms with Gasteiger partial charge in [0.05, 0.1) is 6.54 Å². The van der Waals surface area contributed by atoms with E-state index in [0.29, 0.717) is 0 Å². The molecule has 0 aliphatic rings. The van der Waals surface area contributed by atoms with E-state index >= 15 is 0 Å². The van der Waals surface area contributed by atoms with Crippen molar-refractivity contribution in [3.05, 3.63) is 12.0 Å². The van der Waals surface area contributed by atoms with Crippen molar-refractivity contribution >= 4 is 11.8 Å². The number of hydrogen-bond acceptors (Lipinski definition) is 3. The lowest BCUT2D eigenvalue weighted by atomic mass is 10.1. The molecule has 1 aromatic rings. The standard InChI is InChI=1S/C9H17N3S/c1-9(2,3)11-5-7-10-6-8(12-7)13-4/h6,11H,5H2,1-4H3,(H,10,12). The van der Waals surface area contributed by atoms with E-state index in [9.17, 15) is 0 Å². The van der Waals surface area contributed by atoms with Crippen LogP contribution in [0.15, 0.2) is 11.2 Å². The molecule has 4 heteroatoms. The van der Waals surface area contributed by atoms with Crippen LogP contribution in [-0.4, -0.2) is 21.8 Å². The maximum Gasteiger partial charge on any atom is 0.121 e. The zero-order valence-electron chi connectivity index (χ0n) is 8.64. The summed E-state index contributed by atoms with van der Waals surface area (Å²) in [7, 11) is 0. The molecule has 0 amide bonds. The van der Waals surface area contributed by atoms with Gasteiger partial charge in [0.25, 0.3) is 0 Å². The van der Waals surface area contributed by atoms with E-state index in [4.69, 9.17) is 0 Å². The summed E-state index contributed by atoms with van der Waals surface area (Å²) in [6, 6.07) is 0. The molecule has 1 aromatic heterocycles. The number of H-pyrrole nitrogens is 1. The van der Waals surface area contributed by atoms with Crippen LogP contribution in [0.4, 0.5) is 0 Å². The second kappa shape index (κ2) is 4.15. The molecule has 0 saturated heterocycles. The molecule has 0 spiro atoms. The highest BCUT2D eigenvalue weighted by Crippen LogP contribution is 2.10. The van der Waals surface area contributed by atoms with E-state index in [1.165, 1.54) is 0 Å². The predicted octanol–water partition coefficient (Wildman–Crippen LogP) is 2.02. The molecule has 0 aromatic carbocycles. The van der Waals surface area contributed by atoms with Crippen molar-refractivity contribution < 1.29 is 0 Å².